The van der Waals surface area contributed by atoms with Crippen molar-refractivity contribution in [2.24, 2.45) is 0 Å². The average Bonchev–Trinajstić information content (AvgIpc) is 2.58. The number of nitro benzene ring substituents is 1. The van der Waals surface area contributed by atoms with E-state index in [4.69, 9.17) is 4.74 Å². The van der Waals surface area contributed by atoms with Crippen molar-refractivity contribution in [3.05, 3.63) is 74.8 Å². The summed E-state index contributed by atoms with van der Waals surface area (Å²) in [5.41, 5.74) is 0.902. The summed E-state index contributed by atoms with van der Waals surface area (Å²) in [7, 11) is 1.58. The summed E-state index contributed by atoms with van der Waals surface area (Å²) in [6.07, 6.45) is 1.45. The second-order valence-electron chi connectivity index (χ2n) is 4.98. The van der Waals surface area contributed by atoms with Crippen LogP contribution in [0, 0.1) is 10.1 Å². The maximum Gasteiger partial charge on any atom is 0.270 e. The summed E-state index contributed by atoms with van der Waals surface area (Å²) >= 11 is 0. The molecule has 0 spiro atoms. The fourth-order valence-electron chi connectivity index (χ4n) is 2.30. The van der Waals surface area contributed by atoms with Gasteiger partial charge in [-0.25, -0.2) is 4.98 Å². The molecular formula is C16H13N3O4. The number of hydrogen-bond acceptors (Lipinski definition) is 5. The molecule has 3 rings (SSSR count). The monoisotopic (exact) mass is 311 g/mol. The fourth-order valence-corrected chi connectivity index (χ4v) is 2.30. The van der Waals surface area contributed by atoms with E-state index in [1.54, 1.807) is 19.2 Å². The number of non-ortho nitro benzene ring substituents is 1. The van der Waals surface area contributed by atoms with Crippen LogP contribution in [-0.2, 0) is 6.54 Å². The second-order valence-corrected chi connectivity index (χ2v) is 4.98. The van der Waals surface area contributed by atoms with Crippen LogP contribution < -0.4 is 10.3 Å². The molecule has 0 N–H and O–H groups in total. The maximum atomic E-state index is 12.5. The van der Waals surface area contributed by atoms with Crippen LogP contribution >= 0.6 is 0 Å². The molecule has 0 saturated heterocycles. The Hall–Kier alpha value is -3.22. The number of benzene rings is 2. The molecule has 0 aliphatic carbocycles. The van der Waals surface area contributed by atoms with E-state index in [2.05, 4.69) is 4.98 Å². The predicted octanol–water partition coefficient (Wildman–Crippen LogP) is 2.36. The van der Waals surface area contributed by atoms with Crippen LogP contribution in [0.1, 0.15) is 5.56 Å². The zero-order valence-corrected chi connectivity index (χ0v) is 12.3. The van der Waals surface area contributed by atoms with E-state index in [0.717, 1.165) is 11.3 Å². The van der Waals surface area contributed by atoms with Crippen LogP contribution in [0.3, 0.4) is 0 Å². The number of ether oxygens (including phenoxy) is 1. The molecule has 0 radical (unpaired) electrons. The van der Waals surface area contributed by atoms with Crippen molar-refractivity contribution in [1.82, 2.24) is 9.55 Å². The highest BCUT2D eigenvalue weighted by molar-refractivity contribution is 5.79. The first-order valence-corrected chi connectivity index (χ1v) is 6.85. The van der Waals surface area contributed by atoms with Crippen molar-refractivity contribution >= 4 is 16.6 Å². The lowest BCUT2D eigenvalue weighted by molar-refractivity contribution is -0.384. The molecule has 0 aliphatic rings. The third kappa shape index (κ3) is 2.89. The molecule has 0 saturated carbocycles. The van der Waals surface area contributed by atoms with Gasteiger partial charge in [0.1, 0.15) is 5.75 Å². The highest BCUT2D eigenvalue weighted by atomic mass is 16.6. The van der Waals surface area contributed by atoms with E-state index in [9.17, 15) is 14.9 Å². The van der Waals surface area contributed by atoms with Gasteiger partial charge in [0.05, 0.1) is 35.8 Å². The summed E-state index contributed by atoms with van der Waals surface area (Å²) in [6.45, 7) is 0.328. The Morgan fingerprint density at radius 2 is 1.96 bits per heavy atom. The molecule has 0 fully saturated rings. The molecule has 2 aromatic carbocycles. The minimum atomic E-state index is -0.528. The van der Waals surface area contributed by atoms with Crippen LogP contribution in [0.4, 0.5) is 5.69 Å². The largest absolute Gasteiger partial charge is 0.497 e. The number of fused-ring (bicyclic) bond motifs is 1. The van der Waals surface area contributed by atoms with Gasteiger partial charge >= 0.3 is 0 Å². The Bertz CT molecular complexity index is 932. The number of aromatic nitrogens is 2. The third-order valence-corrected chi connectivity index (χ3v) is 3.53. The van der Waals surface area contributed by atoms with Gasteiger partial charge in [-0.2, -0.15) is 0 Å². The van der Waals surface area contributed by atoms with E-state index in [1.165, 1.54) is 29.1 Å². The summed E-state index contributed by atoms with van der Waals surface area (Å²) in [4.78, 5) is 27.0. The molecule has 0 atom stereocenters. The standard InChI is InChI=1S/C16H13N3O4/c1-23-13-5-2-11(3-6-13)9-18-10-17-15-7-4-12(19(21)22)8-14(15)16(18)20/h2-8,10H,9H2,1H3. The zero-order valence-electron chi connectivity index (χ0n) is 12.3. The quantitative estimate of drug-likeness (QED) is 0.545. The summed E-state index contributed by atoms with van der Waals surface area (Å²) in [6, 6.07) is 11.4. The van der Waals surface area contributed by atoms with E-state index in [0.29, 0.717) is 12.1 Å². The molecule has 23 heavy (non-hydrogen) atoms. The molecule has 116 valence electrons. The number of methoxy groups -OCH3 is 1. The van der Waals surface area contributed by atoms with Crippen molar-refractivity contribution < 1.29 is 9.66 Å². The Balaban J connectivity index is 2.01. The van der Waals surface area contributed by atoms with Crippen molar-refractivity contribution in [3.8, 4) is 5.75 Å². The van der Waals surface area contributed by atoms with Crippen LogP contribution in [-0.4, -0.2) is 21.6 Å². The van der Waals surface area contributed by atoms with Crippen molar-refractivity contribution in [3.63, 3.8) is 0 Å². The number of rotatable bonds is 4. The van der Waals surface area contributed by atoms with Crippen LogP contribution in [0.5, 0.6) is 5.75 Å². The van der Waals surface area contributed by atoms with Crippen molar-refractivity contribution in [1.29, 1.82) is 0 Å². The van der Waals surface area contributed by atoms with Gasteiger partial charge in [0, 0.05) is 12.1 Å². The summed E-state index contributed by atoms with van der Waals surface area (Å²) in [5.74, 6) is 0.730. The molecule has 1 heterocycles. The van der Waals surface area contributed by atoms with E-state index < -0.39 is 4.92 Å². The van der Waals surface area contributed by atoms with Crippen LogP contribution in [0.2, 0.25) is 0 Å². The van der Waals surface area contributed by atoms with Gasteiger partial charge in [-0.1, -0.05) is 12.1 Å². The molecule has 3 aromatic rings. The third-order valence-electron chi connectivity index (χ3n) is 3.53. The Kier molecular flexibility index (Phi) is 3.76. The number of nitrogens with zero attached hydrogens (tertiary/aromatic N) is 3. The van der Waals surface area contributed by atoms with Gasteiger partial charge in [0.15, 0.2) is 0 Å². The minimum absolute atomic E-state index is 0.126. The summed E-state index contributed by atoms with van der Waals surface area (Å²) < 4.78 is 6.52. The van der Waals surface area contributed by atoms with Gasteiger partial charge in [0.25, 0.3) is 11.2 Å². The molecule has 0 aliphatic heterocycles. The number of hydrogen-bond donors (Lipinski definition) is 0. The van der Waals surface area contributed by atoms with Gasteiger partial charge < -0.3 is 4.74 Å². The van der Waals surface area contributed by atoms with Crippen LogP contribution in [0.15, 0.2) is 53.6 Å². The average molecular weight is 311 g/mol. The molecule has 0 bridgehead atoms. The Labute approximate surface area is 130 Å². The molecule has 7 heteroatoms. The highest BCUT2D eigenvalue weighted by Gasteiger charge is 2.11. The second kappa shape index (κ2) is 5.88. The van der Waals surface area contributed by atoms with Gasteiger partial charge in [-0.15, -0.1) is 0 Å². The van der Waals surface area contributed by atoms with Gasteiger partial charge in [0.2, 0.25) is 0 Å². The van der Waals surface area contributed by atoms with Gasteiger partial charge in [-0.05, 0) is 23.8 Å². The van der Waals surface area contributed by atoms with Crippen molar-refractivity contribution in [2.75, 3.05) is 7.11 Å². The fraction of sp³-hybridized carbons (Fsp3) is 0.125. The van der Waals surface area contributed by atoms with E-state index in [-0.39, 0.29) is 16.6 Å². The Morgan fingerprint density at radius 3 is 2.61 bits per heavy atom. The molecule has 1 aromatic heterocycles. The first kappa shape index (κ1) is 14.7. The SMILES string of the molecule is COc1ccc(Cn2cnc3ccc([N+](=O)[O-])cc3c2=O)cc1. The zero-order chi connectivity index (χ0) is 16.4. The topological polar surface area (TPSA) is 87.3 Å². The molecular weight excluding hydrogens is 298 g/mol. The van der Waals surface area contributed by atoms with Crippen molar-refractivity contribution in [2.45, 2.75) is 6.54 Å². The normalized spacial score (nSPS) is 10.7. The lowest BCUT2D eigenvalue weighted by Gasteiger charge is -2.07. The van der Waals surface area contributed by atoms with Gasteiger partial charge in [-0.3, -0.25) is 19.5 Å². The van der Waals surface area contributed by atoms with E-state index in [1.807, 2.05) is 12.1 Å². The first-order chi connectivity index (χ1) is 11.1. The lowest BCUT2D eigenvalue weighted by atomic mass is 10.2. The maximum absolute atomic E-state index is 12.5. The van der Waals surface area contributed by atoms with Crippen LogP contribution in [0.25, 0.3) is 10.9 Å². The lowest BCUT2D eigenvalue weighted by Crippen LogP contribution is -2.21. The predicted molar refractivity (Wildman–Crippen MR) is 84.8 cm³/mol. The first-order valence-electron chi connectivity index (χ1n) is 6.85. The number of nitro groups is 1. The molecule has 7 nitrogen and oxygen atoms in total. The highest BCUT2D eigenvalue weighted by Crippen LogP contribution is 2.17. The Morgan fingerprint density at radius 1 is 1.22 bits per heavy atom. The van der Waals surface area contributed by atoms with E-state index >= 15 is 0 Å². The minimum Gasteiger partial charge on any atom is -0.497 e. The molecule has 0 amide bonds. The summed E-state index contributed by atoms with van der Waals surface area (Å²) in [5, 5.41) is 11.1. The smallest absolute Gasteiger partial charge is 0.270 e. The molecule has 0 unspecified atom stereocenters.